The van der Waals surface area contributed by atoms with Crippen molar-refractivity contribution in [1.29, 1.82) is 0 Å². The fourth-order valence-corrected chi connectivity index (χ4v) is 3.86. The Balaban J connectivity index is 1.37. The topological polar surface area (TPSA) is 76.6 Å². The molecule has 2 unspecified atom stereocenters. The van der Waals surface area contributed by atoms with E-state index < -0.39 is 11.7 Å². The van der Waals surface area contributed by atoms with Gasteiger partial charge in [0.05, 0.1) is 19.8 Å². The lowest BCUT2D eigenvalue weighted by molar-refractivity contribution is -0.130. The minimum Gasteiger partial charge on any atom is -0.369 e. The Morgan fingerprint density at radius 1 is 1.28 bits per heavy atom. The van der Waals surface area contributed by atoms with E-state index in [1.807, 2.05) is 19.9 Å². The highest BCUT2D eigenvalue weighted by Crippen LogP contribution is 2.32. The van der Waals surface area contributed by atoms with E-state index in [2.05, 4.69) is 20.2 Å². The Labute approximate surface area is 169 Å². The van der Waals surface area contributed by atoms with Crippen LogP contribution >= 0.6 is 0 Å². The molecule has 2 aromatic rings. The van der Waals surface area contributed by atoms with E-state index in [9.17, 15) is 9.18 Å². The SMILES string of the molecule is Cc1cc(C)nc(N2CCOC3(COC(C(=O)NCc4ccc(F)cc4)C3)C2)n1. The number of nitrogens with zero attached hydrogens (tertiary/aromatic N) is 3. The fraction of sp³-hybridized carbons (Fsp3) is 0.476. The number of hydrogen-bond donors (Lipinski definition) is 1. The molecular formula is C21H25FN4O3. The third kappa shape index (κ3) is 4.54. The minimum absolute atomic E-state index is 0.186. The lowest BCUT2D eigenvalue weighted by Gasteiger charge is -2.39. The summed E-state index contributed by atoms with van der Waals surface area (Å²) in [6.45, 7) is 6.40. The van der Waals surface area contributed by atoms with Gasteiger partial charge in [0, 0.05) is 30.9 Å². The Morgan fingerprint density at radius 2 is 2.00 bits per heavy atom. The zero-order valence-corrected chi connectivity index (χ0v) is 16.7. The maximum atomic E-state index is 13.0. The molecule has 2 aliphatic heterocycles. The monoisotopic (exact) mass is 400 g/mol. The highest BCUT2D eigenvalue weighted by atomic mass is 19.1. The first-order chi connectivity index (χ1) is 13.9. The zero-order chi connectivity index (χ0) is 20.4. The van der Waals surface area contributed by atoms with E-state index in [-0.39, 0.29) is 11.7 Å². The third-order valence-corrected chi connectivity index (χ3v) is 5.28. The van der Waals surface area contributed by atoms with Crippen LogP contribution in [0.3, 0.4) is 0 Å². The lowest BCUT2D eigenvalue weighted by atomic mass is 9.97. The highest BCUT2D eigenvalue weighted by Gasteiger charge is 2.47. The summed E-state index contributed by atoms with van der Waals surface area (Å²) in [5.74, 6) is 0.205. The number of nitrogens with one attached hydrogen (secondary N) is 1. The molecule has 1 aromatic heterocycles. The number of benzene rings is 1. The average Bonchev–Trinajstić information content (AvgIpc) is 3.10. The summed E-state index contributed by atoms with van der Waals surface area (Å²) < 4.78 is 24.8. The Bertz CT molecular complexity index is 872. The largest absolute Gasteiger partial charge is 0.369 e. The van der Waals surface area contributed by atoms with Crippen LogP contribution in [0.5, 0.6) is 0 Å². The number of amides is 1. The van der Waals surface area contributed by atoms with Crippen molar-refractivity contribution in [2.24, 2.45) is 0 Å². The fourth-order valence-electron chi connectivity index (χ4n) is 3.86. The molecule has 2 aliphatic rings. The number of rotatable bonds is 4. The van der Waals surface area contributed by atoms with Gasteiger partial charge in [0.25, 0.3) is 0 Å². The van der Waals surface area contributed by atoms with Crippen LogP contribution in [0.4, 0.5) is 10.3 Å². The molecule has 0 radical (unpaired) electrons. The van der Waals surface area contributed by atoms with Gasteiger partial charge in [0.2, 0.25) is 11.9 Å². The Morgan fingerprint density at radius 3 is 2.72 bits per heavy atom. The quantitative estimate of drug-likeness (QED) is 0.845. The molecule has 1 amide bonds. The normalized spacial score (nSPS) is 24.1. The van der Waals surface area contributed by atoms with Crippen LogP contribution in [0.25, 0.3) is 0 Å². The summed E-state index contributed by atoms with van der Waals surface area (Å²) in [7, 11) is 0. The van der Waals surface area contributed by atoms with Gasteiger partial charge in [0.15, 0.2) is 0 Å². The van der Waals surface area contributed by atoms with Crippen LogP contribution in [-0.4, -0.2) is 53.9 Å². The van der Waals surface area contributed by atoms with Crippen molar-refractivity contribution in [2.45, 2.75) is 38.5 Å². The van der Waals surface area contributed by atoms with E-state index in [1.165, 1.54) is 12.1 Å². The molecular weight excluding hydrogens is 375 g/mol. The number of hydrogen-bond acceptors (Lipinski definition) is 6. The van der Waals surface area contributed by atoms with Crippen molar-refractivity contribution in [3.05, 3.63) is 53.1 Å². The first-order valence-corrected chi connectivity index (χ1v) is 9.77. The Hall–Kier alpha value is -2.58. The second-order valence-electron chi connectivity index (χ2n) is 7.75. The smallest absolute Gasteiger partial charge is 0.249 e. The van der Waals surface area contributed by atoms with Crippen molar-refractivity contribution < 1.29 is 18.7 Å². The number of anilines is 1. The first-order valence-electron chi connectivity index (χ1n) is 9.77. The molecule has 8 heteroatoms. The summed E-state index contributed by atoms with van der Waals surface area (Å²) in [6.07, 6.45) is -0.0978. The molecule has 0 aliphatic carbocycles. The van der Waals surface area contributed by atoms with Gasteiger partial charge in [-0.15, -0.1) is 0 Å². The molecule has 1 spiro atoms. The predicted octanol–water partition coefficient (Wildman–Crippen LogP) is 1.91. The molecule has 154 valence electrons. The van der Waals surface area contributed by atoms with Crippen molar-refractivity contribution in [3.8, 4) is 0 Å². The molecule has 0 saturated carbocycles. The number of aromatic nitrogens is 2. The Kier molecular flexibility index (Phi) is 5.47. The van der Waals surface area contributed by atoms with Crippen molar-refractivity contribution in [3.63, 3.8) is 0 Å². The van der Waals surface area contributed by atoms with Gasteiger partial charge in [0.1, 0.15) is 17.5 Å². The summed E-state index contributed by atoms with van der Waals surface area (Å²) in [5.41, 5.74) is 2.14. The van der Waals surface area contributed by atoms with Crippen molar-refractivity contribution in [1.82, 2.24) is 15.3 Å². The molecule has 2 fully saturated rings. The molecule has 1 aromatic carbocycles. The van der Waals surface area contributed by atoms with Crippen LogP contribution in [0.1, 0.15) is 23.4 Å². The highest BCUT2D eigenvalue weighted by molar-refractivity contribution is 5.81. The summed E-state index contributed by atoms with van der Waals surface area (Å²) >= 11 is 0. The van der Waals surface area contributed by atoms with Gasteiger partial charge in [-0.2, -0.15) is 0 Å². The van der Waals surface area contributed by atoms with Gasteiger partial charge < -0.3 is 19.7 Å². The van der Waals surface area contributed by atoms with Crippen LogP contribution in [0.2, 0.25) is 0 Å². The molecule has 29 heavy (non-hydrogen) atoms. The van der Waals surface area contributed by atoms with Crippen molar-refractivity contribution in [2.75, 3.05) is 31.2 Å². The molecule has 2 atom stereocenters. The van der Waals surface area contributed by atoms with Gasteiger partial charge in [-0.3, -0.25) is 4.79 Å². The van der Waals surface area contributed by atoms with E-state index >= 15 is 0 Å². The second-order valence-corrected chi connectivity index (χ2v) is 7.75. The van der Waals surface area contributed by atoms with Gasteiger partial charge >= 0.3 is 0 Å². The maximum Gasteiger partial charge on any atom is 0.249 e. The van der Waals surface area contributed by atoms with Gasteiger partial charge in [-0.25, -0.2) is 14.4 Å². The molecule has 2 saturated heterocycles. The number of ether oxygens (including phenoxy) is 2. The second kappa shape index (κ2) is 8.04. The zero-order valence-electron chi connectivity index (χ0n) is 16.7. The summed E-state index contributed by atoms with van der Waals surface area (Å²) in [6, 6.07) is 8.00. The standard InChI is InChI=1S/C21H25FN4O3/c1-14-9-15(2)25-20(24-14)26-7-8-29-21(12-26)10-18(28-13-21)19(27)23-11-16-3-5-17(22)6-4-16/h3-6,9,18H,7-8,10-13H2,1-2H3,(H,23,27). The van der Waals surface area contributed by atoms with E-state index in [1.54, 1.807) is 12.1 Å². The van der Waals surface area contributed by atoms with Crippen LogP contribution < -0.4 is 10.2 Å². The van der Waals surface area contributed by atoms with Crippen LogP contribution in [-0.2, 0) is 20.8 Å². The van der Waals surface area contributed by atoms with Gasteiger partial charge in [-0.05, 0) is 37.6 Å². The van der Waals surface area contributed by atoms with Crippen molar-refractivity contribution >= 4 is 11.9 Å². The first kappa shape index (κ1) is 19.7. The van der Waals surface area contributed by atoms with Crippen LogP contribution in [0.15, 0.2) is 30.3 Å². The number of carbonyl (C=O) groups is 1. The van der Waals surface area contributed by atoms with Crippen LogP contribution in [0, 0.1) is 19.7 Å². The van der Waals surface area contributed by atoms with Gasteiger partial charge in [-0.1, -0.05) is 12.1 Å². The number of morpholine rings is 1. The molecule has 1 N–H and O–H groups in total. The molecule has 4 rings (SSSR count). The predicted molar refractivity (Wildman–Crippen MR) is 105 cm³/mol. The van der Waals surface area contributed by atoms with E-state index in [4.69, 9.17) is 9.47 Å². The maximum absolute atomic E-state index is 13.0. The number of carbonyl (C=O) groups excluding carboxylic acids is 1. The average molecular weight is 400 g/mol. The minimum atomic E-state index is -0.574. The molecule has 7 nitrogen and oxygen atoms in total. The van der Waals surface area contributed by atoms with E-state index in [0.29, 0.717) is 45.2 Å². The number of halogens is 1. The van der Waals surface area contributed by atoms with E-state index in [0.717, 1.165) is 17.0 Å². The third-order valence-electron chi connectivity index (χ3n) is 5.28. The summed E-state index contributed by atoms with van der Waals surface area (Å²) in [4.78, 5) is 23.7. The summed E-state index contributed by atoms with van der Waals surface area (Å²) in [5, 5.41) is 2.86. The molecule has 0 bridgehead atoms. The number of aryl methyl sites for hydroxylation is 2. The lowest BCUT2D eigenvalue weighted by Crippen LogP contribution is -2.53. The molecule has 3 heterocycles.